The Morgan fingerprint density at radius 1 is 0.889 bits per heavy atom. The SMILES string of the molecule is CCC[C@H](NC(=O)[C@@H]1CCCN1C(=O)C(NC(=O)NC1(CS(=O)(=O)C(C)(C)C)CCCCC1)C(C)(C)C)C(=O)C(=O)NC1CC1. The Morgan fingerprint density at radius 2 is 1.51 bits per heavy atom. The molecule has 1 heterocycles. The molecule has 0 spiro atoms. The van der Waals surface area contributed by atoms with E-state index in [1.54, 1.807) is 20.8 Å². The third kappa shape index (κ3) is 9.65. The molecule has 3 rings (SSSR count). The first-order valence-electron chi connectivity index (χ1n) is 16.6. The number of carbonyl (C=O) groups excluding carboxylic acids is 5. The molecule has 4 N–H and O–H groups in total. The summed E-state index contributed by atoms with van der Waals surface area (Å²) < 4.78 is 25.4. The molecule has 5 amide bonds. The Bertz CT molecular complexity index is 1230. The first kappa shape index (κ1) is 36.8. The number of ketones is 1. The highest BCUT2D eigenvalue weighted by molar-refractivity contribution is 7.92. The van der Waals surface area contributed by atoms with Gasteiger partial charge in [0.25, 0.3) is 5.91 Å². The lowest BCUT2D eigenvalue weighted by Crippen LogP contribution is -2.63. The van der Waals surface area contributed by atoms with Crippen molar-refractivity contribution in [1.29, 1.82) is 0 Å². The summed E-state index contributed by atoms with van der Waals surface area (Å²) in [6.07, 6.45) is 7.06. The zero-order chi connectivity index (χ0) is 33.8. The van der Waals surface area contributed by atoms with E-state index in [1.807, 2.05) is 27.7 Å². The van der Waals surface area contributed by atoms with Crippen molar-refractivity contribution in [3.63, 3.8) is 0 Å². The molecule has 1 aliphatic heterocycles. The van der Waals surface area contributed by atoms with Crippen molar-refractivity contribution in [2.45, 2.75) is 154 Å². The molecule has 13 heteroatoms. The van der Waals surface area contributed by atoms with Gasteiger partial charge in [-0.05, 0) is 71.1 Å². The molecule has 3 fully saturated rings. The minimum absolute atomic E-state index is 0.0114. The van der Waals surface area contributed by atoms with E-state index in [9.17, 15) is 32.4 Å². The lowest BCUT2D eigenvalue weighted by Gasteiger charge is -2.41. The van der Waals surface area contributed by atoms with Crippen molar-refractivity contribution in [2.24, 2.45) is 5.41 Å². The summed E-state index contributed by atoms with van der Waals surface area (Å²) in [4.78, 5) is 67.8. The summed E-state index contributed by atoms with van der Waals surface area (Å²) in [5.74, 6) is -2.51. The molecule has 0 radical (unpaired) electrons. The summed E-state index contributed by atoms with van der Waals surface area (Å²) in [5.41, 5.74) is -1.68. The molecule has 45 heavy (non-hydrogen) atoms. The Labute approximate surface area is 268 Å². The van der Waals surface area contributed by atoms with E-state index in [-0.39, 0.29) is 11.8 Å². The standard InChI is InChI=1S/C32H55N5O7S/c1-8-13-22(24(38)27(40)33-21-15-16-21)34-26(39)23-14-12-19-37(23)28(41)25(30(2,3)4)35-29(42)36-32(17-10-9-11-18-32)20-45(43,44)31(5,6)7/h21-23,25H,8-20H2,1-7H3,(H,33,40)(H,34,39)(H2,35,36,42)/t22-,23-,25?/m0/s1. The van der Waals surface area contributed by atoms with Gasteiger partial charge < -0.3 is 26.2 Å². The number of nitrogens with zero attached hydrogens (tertiary/aromatic N) is 1. The highest BCUT2D eigenvalue weighted by atomic mass is 32.2. The van der Waals surface area contributed by atoms with Crippen LogP contribution in [0.4, 0.5) is 4.79 Å². The predicted octanol–water partition coefficient (Wildman–Crippen LogP) is 2.74. The number of likely N-dealkylation sites (tertiary alicyclic amines) is 1. The van der Waals surface area contributed by atoms with Crippen LogP contribution in [0, 0.1) is 5.41 Å². The second-order valence-electron chi connectivity index (χ2n) is 15.3. The van der Waals surface area contributed by atoms with Gasteiger partial charge in [-0.2, -0.15) is 0 Å². The lowest BCUT2D eigenvalue weighted by atomic mass is 9.83. The normalized spacial score (nSPS) is 21.8. The summed E-state index contributed by atoms with van der Waals surface area (Å²) in [7, 11) is -3.54. The van der Waals surface area contributed by atoms with Crippen molar-refractivity contribution < 1.29 is 32.4 Å². The maximum absolute atomic E-state index is 14.0. The molecule has 0 bridgehead atoms. The van der Waals surface area contributed by atoms with Crippen molar-refractivity contribution in [3.8, 4) is 0 Å². The van der Waals surface area contributed by atoms with Gasteiger partial charge in [-0.1, -0.05) is 53.4 Å². The van der Waals surface area contributed by atoms with Crippen LogP contribution in [0.3, 0.4) is 0 Å². The molecular formula is C32H55N5O7S. The number of hydrogen-bond acceptors (Lipinski definition) is 7. The maximum atomic E-state index is 14.0. The summed E-state index contributed by atoms with van der Waals surface area (Å²) >= 11 is 0. The summed E-state index contributed by atoms with van der Waals surface area (Å²) in [6.45, 7) is 12.6. The van der Waals surface area contributed by atoms with Gasteiger partial charge in [0.1, 0.15) is 12.1 Å². The Balaban J connectivity index is 1.74. The van der Waals surface area contributed by atoms with Crippen molar-refractivity contribution in [2.75, 3.05) is 12.3 Å². The van der Waals surface area contributed by atoms with E-state index in [0.29, 0.717) is 45.1 Å². The Hall–Kier alpha value is -2.70. The number of hydrogen-bond donors (Lipinski definition) is 4. The van der Waals surface area contributed by atoms with E-state index in [2.05, 4.69) is 21.3 Å². The molecule has 2 saturated carbocycles. The van der Waals surface area contributed by atoms with Gasteiger partial charge in [0, 0.05) is 12.6 Å². The largest absolute Gasteiger partial charge is 0.347 e. The lowest BCUT2D eigenvalue weighted by molar-refractivity contribution is -0.143. The zero-order valence-electron chi connectivity index (χ0n) is 28.2. The van der Waals surface area contributed by atoms with Gasteiger partial charge >= 0.3 is 6.03 Å². The molecule has 0 aromatic heterocycles. The Morgan fingerprint density at radius 3 is 2.04 bits per heavy atom. The monoisotopic (exact) mass is 653 g/mol. The van der Waals surface area contributed by atoms with Gasteiger partial charge in [0.05, 0.1) is 22.1 Å². The molecule has 3 aliphatic rings. The molecule has 1 unspecified atom stereocenters. The second kappa shape index (κ2) is 14.4. The Kier molecular flexibility index (Phi) is 11.7. The van der Waals surface area contributed by atoms with Gasteiger partial charge in [-0.3, -0.25) is 19.2 Å². The van der Waals surface area contributed by atoms with Crippen LogP contribution >= 0.6 is 0 Å². The maximum Gasteiger partial charge on any atom is 0.315 e. The molecule has 0 aromatic rings. The van der Waals surface area contributed by atoms with Crippen LogP contribution in [-0.4, -0.2) is 89.6 Å². The average molecular weight is 654 g/mol. The first-order chi connectivity index (χ1) is 20.8. The minimum atomic E-state index is -3.54. The molecule has 256 valence electrons. The van der Waals surface area contributed by atoms with Gasteiger partial charge in [0.15, 0.2) is 9.84 Å². The molecule has 3 atom stereocenters. The van der Waals surface area contributed by atoms with Gasteiger partial charge in [-0.25, -0.2) is 13.2 Å². The quantitative estimate of drug-likeness (QED) is 0.235. The highest BCUT2D eigenvalue weighted by Crippen LogP contribution is 2.33. The molecular weight excluding hydrogens is 598 g/mol. The van der Waals surface area contributed by atoms with Gasteiger partial charge in [-0.15, -0.1) is 0 Å². The van der Waals surface area contributed by atoms with E-state index < -0.39 is 73.2 Å². The highest BCUT2D eigenvalue weighted by Gasteiger charge is 2.45. The van der Waals surface area contributed by atoms with Crippen molar-refractivity contribution >= 4 is 39.4 Å². The number of Topliss-reactive ketones (excluding diaryl/α,β-unsaturated/α-hetero) is 1. The number of sulfone groups is 1. The van der Waals surface area contributed by atoms with Crippen LogP contribution < -0.4 is 21.3 Å². The van der Waals surface area contributed by atoms with Crippen molar-refractivity contribution in [3.05, 3.63) is 0 Å². The van der Waals surface area contributed by atoms with Crippen LogP contribution in [0.5, 0.6) is 0 Å². The molecule has 0 aromatic carbocycles. The third-order valence-electron chi connectivity index (χ3n) is 9.16. The van der Waals surface area contributed by atoms with E-state index >= 15 is 0 Å². The molecule has 1 saturated heterocycles. The van der Waals surface area contributed by atoms with Crippen LogP contribution in [0.25, 0.3) is 0 Å². The van der Waals surface area contributed by atoms with Gasteiger partial charge in [0.2, 0.25) is 17.6 Å². The molecule has 2 aliphatic carbocycles. The summed E-state index contributed by atoms with van der Waals surface area (Å²) in [5, 5.41) is 11.2. The second-order valence-corrected chi connectivity index (χ2v) is 18.0. The molecule has 12 nitrogen and oxygen atoms in total. The number of nitrogens with one attached hydrogen (secondary N) is 4. The van der Waals surface area contributed by atoms with E-state index in [4.69, 9.17) is 0 Å². The van der Waals surface area contributed by atoms with Crippen LogP contribution in [-0.2, 0) is 29.0 Å². The fourth-order valence-electron chi connectivity index (χ4n) is 6.11. The summed E-state index contributed by atoms with van der Waals surface area (Å²) in [6, 6.07) is -3.46. The minimum Gasteiger partial charge on any atom is -0.347 e. The van der Waals surface area contributed by atoms with Crippen molar-refractivity contribution in [1.82, 2.24) is 26.2 Å². The van der Waals surface area contributed by atoms with E-state index in [1.165, 1.54) is 4.90 Å². The topological polar surface area (TPSA) is 171 Å². The predicted molar refractivity (Wildman–Crippen MR) is 172 cm³/mol. The smallest absolute Gasteiger partial charge is 0.315 e. The number of carbonyl (C=O) groups is 5. The number of rotatable bonds is 12. The van der Waals surface area contributed by atoms with Crippen LogP contribution in [0.15, 0.2) is 0 Å². The number of urea groups is 1. The number of amides is 5. The zero-order valence-corrected chi connectivity index (χ0v) is 29.0. The van der Waals surface area contributed by atoms with Crippen LogP contribution in [0.1, 0.15) is 119 Å². The fraction of sp³-hybridized carbons (Fsp3) is 0.844. The average Bonchev–Trinajstić information content (AvgIpc) is 3.60. The van der Waals surface area contributed by atoms with Crippen LogP contribution in [0.2, 0.25) is 0 Å². The third-order valence-corrected chi connectivity index (χ3v) is 12.0. The first-order valence-corrected chi connectivity index (χ1v) is 18.2. The fourth-order valence-corrected chi connectivity index (χ4v) is 7.63. The van der Waals surface area contributed by atoms with E-state index in [0.717, 1.165) is 32.1 Å².